The van der Waals surface area contributed by atoms with Crippen LogP contribution in [0.5, 0.6) is 0 Å². The predicted molar refractivity (Wildman–Crippen MR) is 70.6 cm³/mol. The lowest BCUT2D eigenvalue weighted by Gasteiger charge is -2.11. The summed E-state index contributed by atoms with van der Waals surface area (Å²) >= 11 is 8.56. The summed E-state index contributed by atoms with van der Waals surface area (Å²) in [6.45, 7) is -1.57. The number of halogens is 6. The standard InChI is InChI=1S/C9H5BrCl2F3NO3S/c10-5-2-6(11)4(1-7(5)20(12,18)19)8(17)16-3-9(13,14)15/h1-2H,3H2,(H,16,17). The first-order valence-electron chi connectivity index (χ1n) is 4.70. The van der Waals surface area contributed by atoms with E-state index in [1.54, 1.807) is 5.32 Å². The molecule has 1 amide bonds. The van der Waals surface area contributed by atoms with E-state index in [4.69, 9.17) is 22.3 Å². The largest absolute Gasteiger partial charge is 0.405 e. The average Bonchev–Trinajstić information content (AvgIpc) is 2.23. The number of rotatable bonds is 3. The third-order valence-electron chi connectivity index (χ3n) is 1.98. The fourth-order valence-corrected chi connectivity index (χ4v) is 3.74. The fourth-order valence-electron chi connectivity index (χ4n) is 1.17. The Bertz CT molecular complexity index is 649. The minimum absolute atomic E-state index is 0.00938. The number of benzene rings is 1. The number of nitrogens with one attached hydrogen (secondary N) is 1. The monoisotopic (exact) mass is 413 g/mol. The lowest BCUT2D eigenvalue weighted by Crippen LogP contribution is -2.33. The summed E-state index contributed by atoms with van der Waals surface area (Å²) in [4.78, 5) is 11.1. The molecule has 0 heterocycles. The lowest BCUT2D eigenvalue weighted by atomic mass is 10.2. The highest BCUT2D eigenvalue weighted by Crippen LogP contribution is 2.31. The van der Waals surface area contributed by atoms with E-state index in [9.17, 15) is 26.4 Å². The normalized spacial score (nSPS) is 12.3. The van der Waals surface area contributed by atoms with Crippen molar-refractivity contribution in [1.29, 1.82) is 0 Å². The molecular weight excluding hydrogens is 410 g/mol. The Morgan fingerprint density at radius 3 is 2.35 bits per heavy atom. The van der Waals surface area contributed by atoms with Gasteiger partial charge in [-0.2, -0.15) is 13.2 Å². The topological polar surface area (TPSA) is 63.2 Å². The van der Waals surface area contributed by atoms with E-state index in [1.165, 1.54) is 0 Å². The van der Waals surface area contributed by atoms with Crippen LogP contribution in [0.2, 0.25) is 5.02 Å². The van der Waals surface area contributed by atoms with Gasteiger partial charge in [-0.1, -0.05) is 11.6 Å². The van der Waals surface area contributed by atoms with Crippen LogP contribution in [-0.2, 0) is 9.05 Å². The number of carbonyl (C=O) groups is 1. The molecule has 0 fully saturated rings. The van der Waals surface area contributed by atoms with Crippen LogP contribution in [0.25, 0.3) is 0 Å². The van der Waals surface area contributed by atoms with Crippen LogP contribution in [0.1, 0.15) is 10.4 Å². The molecular formula is C9H5BrCl2F3NO3S. The van der Waals surface area contributed by atoms with Crippen molar-refractivity contribution in [2.75, 3.05) is 6.54 Å². The van der Waals surface area contributed by atoms with Gasteiger partial charge in [0.1, 0.15) is 6.54 Å². The second-order valence-corrected chi connectivity index (χ2v) is 7.29. The molecule has 1 aromatic carbocycles. The number of hydrogen-bond donors (Lipinski definition) is 1. The van der Waals surface area contributed by atoms with Gasteiger partial charge < -0.3 is 5.32 Å². The van der Waals surface area contributed by atoms with Gasteiger partial charge in [-0.15, -0.1) is 0 Å². The van der Waals surface area contributed by atoms with E-state index in [2.05, 4.69) is 15.9 Å². The molecule has 0 spiro atoms. The van der Waals surface area contributed by atoms with Crippen LogP contribution < -0.4 is 5.32 Å². The van der Waals surface area contributed by atoms with Gasteiger partial charge in [-0.05, 0) is 28.1 Å². The van der Waals surface area contributed by atoms with Crippen LogP contribution in [0, 0.1) is 0 Å². The summed E-state index contributed by atoms with van der Waals surface area (Å²) in [6, 6.07) is 1.85. The maximum absolute atomic E-state index is 12.0. The molecule has 0 bridgehead atoms. The van der Waals surface area contributed by atoms with E-state index in [1.807, 2.05) is 0 Å². The molecule has 0 aliphatic rings. The number of alkyl halides is 3. The molecule has 20 heavy (non-hydrogen) atoms. The first-order valence-corrected chi connectivity index (χ1v) is 8.18. The number of hydrogen-bond acceptors (Lipinski definition) is 3. The first kappa shape index (κ1) is 17.5. The van der Waals surface area contributed by atoms with E-state index >= 15 is 0 Å². The van der Waals surface area contributed by atoms with Gasteiger partial charge in [-0.25, -0.2) is 8.42 Å². The van der Waals surface area contributed by atoms with Gasteiger partial charge in [0.15, 0.2) is 0 Å². The summed E-state index contributed by atoms with van der Waals surface area (Å²) in [5, 5.41) is 1.35. The van der Waals surface area contributed by atoms with Crippen LogP contribution in [0.3, 0.4) is 0 Å². The van der Waals surface area contributed by atoms with E-state index in [0.29, 0.717) is 0 Å². The van der Waals surface area contributed by atoms with Crippen molar-refractivity contribution in [3.63, 3.8) is 0 Å². The smallest absolute Gasteiger partial charge is 0.343 e. The number of amides is 1. The molecule has 0 aliphatic heterocycles. The van der Waals surface area contributed by atoms with Gasteiger partial charge >= 0.3 is 6.18 Å². The summed E-state index contributed by atoms with van der Waals surface area (Å²) in [5.41, 5.74) is -0.432. The van der Waals surface area contributed by atoms with Crippen LogP contribution in [0.4, 0.5) is 13.2 Å². The summed E-state index contributed by atoms with van der Waals surface area (Å²) in [5.74, 6) is -1.17. The molecule has 0 atom stereocenters. The first-order chi connectivity index (χ1) is 8.92. The second kappa shape index (κ2) is 6.08. The van der Waals surface area contributed by atoms with Crippen molar-refractivity contribution >= 4 is 53.2 Å². The maximum Gasteiger partial charge on any atom is 0.405 e. The Morgan fingerprint density at radius 2 is 1.90 bits per heavy atom. The zero-order valence-corrected chi connectivity index (χ0v) is 13.2. The molecule has 0 unspecified atom stereocenters. The average molecular weight is 415 g/mol. The molecule has 0 aliphatic carbocycles. The highest BCUT2D eigenvalue weighted by Gasteiger charge is 2.29. The van der Waals surface area contributed by atoms with Gasteiger partial charge in [0, 0.05) is 15.2 Å². The predicted octanol–water partition coefficient (Wildman–Crippen LogP) is 3.32. The van der Waals surface area contributed by atoms with Crippen LogP contribution in [-0.4, -0.2) is 27.0 Å². The summed E-state index contributed by atoms with van der Waals surface area (Å²) < 4.78 is 58.4. The Hall–Kier alpha value is -0.510. The lowest BCUT2D eigenvalue weighted by molar-refractivity contribution is -0.123. The van der Waals surface area contributed by atoms with Crippen LogP contribution in [0.15, 0.2) is 21.5 Å². The zero-order valence-electron chi connectivity index (χ0n) is 9.26. The molecule has 1 rings (SSSR count). The SMILES string of the molecule is O=C(NCC(F)(F)F)c1cc(S(=O)(=O)Cl)c(Br)cc1Cl. The van der Waals surface area contributed by atoms with Gasteiger partial charge in [0.25, 0.3) is 15.0 Å². The highest BCUT2D eigenvalue weighted by molar-refractivity contribution is 9.10. The zero-order chi connectivity index (χ0) is 15.7. The Morgan fingerprint density at radius 1 is 1.35 bits per heavy atom. The van der Waals surface area contributed by atoms with Gasteiger partial charge in [0.2, 0.25) is 0 Å². The third-order valence-corrected chi connectivity index (χ3v) is 4.57. The Labute approximate surface area is 129 Å². The van der Waals surface area contributed by atoms with Crippen molar-refractivity contribution in [2.45, 2.75) is 11.1 Å². The van der Waals surface area contributed by atoms with Crippen LogP contribution >= 0.6 is 38.2 Å². The molecule has 11 heteroatoms. The molecule has 0 saturated carbocycles. The molecule has 1 aromatic rings. The summed E-state index contributed by atoms with van der Waals surface area (Å²) in [7, 11) is 0.945. The molecule has 0 aromatic heterocycles. The highest BCUT2D eigenvalue weighted by atomic mass is 79.9. The minimum Gasteiger partial charge on any atom is -0.343 e. The molecule has 0 radical (unpaired) electrons. The minimum atomic E-state index is -4.60. The van der Waals surface area contributed by atoms with Crippen molar-refractivity contribution in [1.82, 2.24) is 5.32 Å². The Balaban J connectivity index is 3.16. The van der Waals surface area contributed by atoms with Crippen molar-refractivity contribution in [3.05, 3.63) is 27.2 Å². The van der Waals surface area contributed by atoms with Crippen molar-refractivity contribution in [3.8, 4) is 0 Å². The van der Waals surface area contributed by atoms with Gasteiger partial charge in [-0.3, -0.25) is 4.79 Å². The van der Waals surface area contributed by atoms with Crippen molar-refractivity contribution in [2.24, 2.45) is 0 Å². The summed E-state index contributed by atoms with van der Waals surface area (Å²) in [6.07, 6.45) is -4.60. The van der Waals surface area contributed by atoms with Gasteiger partial charge in [0.05, 0.1) is 15.5 Å². The molecule has 1 N–H and O–H groups in total. The number of carbonyl (C=O) groups excluding carboxylic acids is 1. The molecule has 4 nitrogen and oxygen atoms in total. The second-order valence-electron chi connectivity index (χ2n) is 3.50. The third kappa shape index (κ3) is 4.80. The van der Waals surface area contributed by atoms with E-state index in [0.717, 1.165) is 12.1 Å². The molecule has 112 valence electrons. The van der Waals surface area contributed by atoms with Crippen molar-refractivity contribution < 1.29 is 26.4 Å². The van der Waals surface area contributed by atoms with E-state index < -0.39 is 38.1 Å². The maximum atomic E-state index is 12.0. The quantitative estimate of drug-likeness (QED) is 0.771. The molecule has 0 saturated heterocycles. The van der Waals surface area contributed by atoms with E-state index in [-0.39, 0.29) is 9.50 Å². The fraction of sp³-hybridized carbons (Fsp3) is 0.222. The Kier molecular flexibility index (Phi) is 5.34.